The van der Waals surface area contributed by atoms with Crippen molar-refractivity contribution < 1.29 is 14.6 Å². The molecule has 3 aliphatic rings. The molecule has 3 fully saturated rings. The van der Waals surface area contributed by atoms with E-state index < -0.39 is 11.5 Å². The first-order valence-electron chi connectivity index (χ1n) is 12.4. The number of aliphatic hydroxyl groups is 1. The Bertz CT molecular complexity index is 921. The Labute approximate surface area is 198 Å². The topological polar surface area (TPSA) is 58.6 Å². The highest BCUT2D eigenvalue weighted by Crippen LogP contribution is 2.50. The number of hydrogen-bond acceptors (Lipinski definition) is 3. The van der Waals surface area contributed by atoms with Gasteiger partial charge in [-0.25, -0.2) is 0 Å². The number of hydrogen-bond donors (Lipinski definition) is 2. The van der Waals surface area contributed by atoms with Crippen molar-refractivity contribution in [2.45, 2.75) is 77.9 Å². The van der Waals surface area contributed by atoms with E-state index in [2.05, 4.69) is 26.1 Å². The summed E-state index contributed by atoms with van der Waals surface area (Å²) in [7, 11) is 0. The van der Waals surface area contributed by atoms with Gasteiger partial charge in [-0.05, 0) is 80.0 Å². The van der Waals surface area contributed by atoms with E-state index in [-0.39, 0.29) is 11.5 Å². The summed E-state index contributed by atoms with van der Waals surface area (Å²) in [6.45, 7) is 8.64. The fourth-order valence-corrected chi connectivity index (χ4v) is 5.51. The maximum atomic E-state index is 13.1. The number of amides is 1. The summed E-state index contributed by atoms with van der Waals surface area (Å²) < 4.78 is 6.25. The zero-order valence-electron chi connectivity index (χ0n) is 20.6. The number of rotatable bonds is 7. The van der Waals surface area contributed by atoms with Crippen molar-refractivity contribution >= 4 is 5.91 Å². The van der Waals surface area contributed by atoms with Gasteiger partial charge in [-0.3, -0.25) is 4.79 Å². The molecule has 2 atom stereocenters. The van der Waals surface area contributed by atoms with Crippen LogP contribution < -0.4 is 10.1 Å². The van der Waals surface area contributed by atoms with Gasteiger partial charge in [0.2, 0.25) is 0 Å². The van der Waals surface area contributed by atoms with Crippen molar-refractivity contribution in [2.24, 2.45) is 16.7 Å². The molecule has 0 spiro atoms. The monoisotopic (exact) mass is 449 g/mol. The van der Waals surface area contributed by atoms with Gasteiger partial charge in [0.1, 0.15) is 5.75 Å². The standard InChI is InChI=1S/C29H39NO3/c1-27(2,3)25(30-26(31)28(4,32)23-8-6-5-7-9-23)22-10-12-24(13-11-22)33-20-29-17-14-21(15-18-29)16-19-29/h5-13,21,25,32H,14-20H2,1-4H3,(H,30,31)/t21?,25-,28-,29?/m1/s1. The van der Waals surface area contributed by atoms with Gasteiger partial charge in [0.15, 0.2) is 5.60 Å². The Morgan fingerprint density at radius 2 is 1.58 bits per heavy atom. The second kappa shape index (κ2) is 9.13. The first kappa shape index (κ1) is 23.8. The molecule has 33 heavy (non-hydrogen) atoms. The van der Waals surface area contributed by atoms with Crippen LogP contribution in [0, 0.1) is 16.7 Å². The van der Waals surface area contributed by atoms with Crippen molar-refractivity contribution in [1.29, 1.82) is 0 Å². The van der Waals surface area contributed by atoms with Gasteiger partial charge in [0.25, 0.3) is 5.91 Å². The second-order valence-electron chi connectivity index (χ2n) is 11.6. The van der Waals surface area contributed by atoms with Crippen LogP contribution in [-0.4, -0.2) is 17.6 Å². The molecule has 3 saturated carbocycles. The Hall–Kier alpha value is -2.33. The lowest BCUT2D eigenvalue weighted by atomic mass is 9.61. The summed E-state index contributed by atoms with van der Waals surface area (Å²) >= 11 is 0. The van der Waals surface area contributed by atoms with Crippen LogP contribution in [0.15, 0.2) is 54.6 Å². The van der Waals surface area contributed by atoms with Gasteiger partial charge in [-0.15, -0.1) is 0 Å². The molecule has 0 aliphatic heterocycles. The van der Waals surface area contributed by atoms with Crippen LogP contribution in [-0.2, 0) is 10.4 Å². The van der Waals surface area contributed by atoms with Crippen molar-refractivity contribution in [3.63, 3.8) is 0 Å². The minimum absolute atomic E-state index is 0.232. The lowest BCUT2D eigenvalue weighted by Gasteiger charge is -2.46. The summed E-state index contributed by atoms with van der Waals surface area (Å²) in [5.41, 5.74) is 0.119. The van der Waals surface area contributed by atoms with Crippen molar-refractivity contribution in [3.05, 3.63) is 65.7 Å². The van der Waals surface area contributed by atoms with Gasteiger partial charge in [0, 0.05) is 5.41 Å². The number of fused-ring (bicyclic) bond motifs is 3. The van der Waals surface area contributed by atoms with E-state index in [1.807, 2.05) is 42.5 Å². The number of nitrogens with one attached hydrogen (secondary N) is 1. The van der Waals surface area contributed by atoms with Crippen molar-refractivity contribution in [2.75, 3.05) is 6.61 Å². The highest BCUT2D eigenvalue weighted by molar-refractivity contribution is 5.86. The van der Waals surface area contributed by atoms with Crippen LogP contribution in [0.2, 0.25) is 0 Å². The van der Waals surface area contributed by atoms with Crippen LogP contribution in [0.4, 0.5) is 0 Å². The summed E-state index contributed by atoms with van der Waals surface area (Å²) in [5.74, 6) is 1.44. The summed E-state index contributed by atoms with van der Waals surface area (Å²) in [6.07, 6.45) is 7.99. The molecule has 2 bridgehead atoms. The van der Waals surface area contributed by atoms with E-state index in [9.17, 15) is 9.90 Å². The van der Waals surface area contributed by atoms with Crippen LogP contribution in [0.25, 0.3) is 0 Å². The van der Waals surface area contributed by atoms with E-state index in [1.54, 1.807) is 19.1 Å². The quantitative estimate of drug-likeness (QED) is 0.533. The minimum Gasteiger partial charge on any atom is -0.493 e. The van der Waals surface area contributed by atoms with E-state index in [0.29, 0.717) is 11.0 Å². The maximum Gasteiger partial charge on any atom is 0.256 e. The zero-order chi connectivity index (χ0) is 23.7. The molecule has 178 valence electrons. The molecule has 4 heteroatoms. The van der Waals surface area contributed by atoms with Gasteiger partial charge in [-0.1, -0.05) is 63.2 Å². The minimum atomic E-state index is -1.61. The van der Waals surface area contributed by atoms with Crippen LogP contribution in [0.1, 0.15) is 83.4 Å². The largest absolute Gasteiger partial charge is 0.493 e. The first-order valence-corrected chi connectivity index (χ1v) is 12.4. The number of benzene rings is 2. The molecule has 4 nitrogen and oxygen atoms in total. The van der Waals surface area contributed by atoms with Crippen LogP contribution in [0.5, 0.6) is 5.75 Å². The average Bonchev–Trinajstić information content (AvgIpc) is 2.82. The Morgan fingerprint density at radius 1 is 1.00 bits per heavy atom. The molecule has 0 heterocycles. The van der Waals surface area contributed by atoms with E-state index >= 15 is 0 Å². The predicted molar refractivity (Wildman–Crippen MR) is 132 cm³/mol. The highest BCUT2D eigenvalue weighted by Gasteiger charge is 2.41. The molecule has 2 aromatic carbocycles. The fraction of sp³-hybridized carbons (Fsp3) is 0.552. The Kier molecular flexibility index (Phi) is 6.59. The third-order valence-corrected chi connectivity index (χ3v) is 7.93. The van der Waals surface area contributed by atoms with Gasteiger partial charge in [0.05, 0.1) is 12.6 Å². The van der Waals surface area contributed by atoms with Crippen LogP contribution in [0.3, 0.4) is 0 Å². The van der Waals surface area contributed by atoms with Gasteiger partial charge >= 0.3 is 0 Å². The molecule has 1 amide bonds. The summed E-state index contributed by atoms with van der Waals surface area (Å²) in [6, 6.07) is 16.9. The van der Waals surface area contributed by atoms with Gasteiger partial charge < -0.3 is 15.2 Å². The third-order valence-electron chi connectivity index (χ3n) is 7.93. The highest BCUT2D eigenvalue weighted by atomic mass is 16.5. The molecule has 0 aromatic heterocycles. The summed E-state index contributed by atoms with van der Waals surface area (Å²) in [4.78, 5) is 13.1. The van der Waals surface area contributed by atoms with E-state index in [0.717, 1.165) is 23.8 Å². The number of carbonyl (C=O) groups is 1. The van der Waals surface area contributed by atoms with Crippen molar-refractivity contribution in [3.8, 4) is 5.75 Å². The molecular weight excluding hydrogens is 410 g/mol. The van der Waals surface area contributed by atoms with E-state index in [4.69, 9.17) is 4.74 Å². The molecule has 5 rings (SSSR count). The average molecular weight is 450 g/mol. The summed E-state index contributed by atoms with van der Waals surface area (Å²) in [5, 5.41) is 14.1. The molecule has 0 radical (unpaired) electrons. The first-order chi connectivity index (χ1) is 15.6. The number of carbonyl (C=O) groups excluding carboxylic acids is 1. The molecular formula is C29H39NO3. The molecule has 2 N–H and O–H groups in total. The Balaban J connectivity index is 1.44. The lowest BCUT2D eigenvalue weighted by molar-refractivity contribution is -0.140. The second-order valence-corrected chi connectivity index (χ2v) is 11.6. The molecule has 0 saturated heterocycles. The molecule has 2 aromatic rings. The lowest BCUT2D eigenvalue weighted by Crippen LogP contribution is -2.46. The normalized spacial score (nSPS) is 25.2. The number of ether oxygens (including phenoxy) is 1. The van der Waals surface area contributed by atoms with E-state index in [1.165, 1.54) is 38.5 Å². The maximum absolute atomic E-state index is 13.1. The van der Waals surface area contributed by atoms with Crippen LogP contribution >= 0.6 is 0 Å². The predicted octanol–water partition coefficient (Wildman–Crippen LogP) is 6.15. The Morgan fingerprint density at radius 3 is 2.12 bits per heavy atom. The fourth-order valence-electron chi connectivity index (χ4n) is 5.51. The van der Waals surface area contributed by atoms with Crippen molar-refractivity contribution in [1.82, 2.24) is 5.32 Å². The third kappa shape index (κ3) is 5.27. The molecule has 3 aliphatic carbocycles. The smallest absolute Gasteiger partial charge is 0.256 e. The molecule has 0 unspecified atom stereocenters. The van der Waals surface area contributed by atoms with Gasteiger partial charge in [-0.2, -0.15) is 0 Å². The SMILES string of the molecule is CC(C)(C)[C@H](NC(=O)[C@](C)(O)c1ccccc1)c1ccc(OCC23CCC(CC2)CC3)cc1. The zero-order valence-corrected chi connectivity index (χ0v) is 20.6.